The number of amides is 1. The third-order valence-electron chi connectivity index (χ3n) is 0.889. The molecule has 0 radical (unpaired) electrons. The van der Waals surface area contributed by atoms with Crippen LogP contribution in [0.4, 0.5) is 0 Å². The Morgan fingerprint density at radius 1 is 1.67 bits per heavy atom. The predicted octanol–water partition coefficient (Wildman–Crippen LogP) is -0.757. The fourth-order valence-corrected chi connectivity index (χ4v) is 0.523. The lowest BCUT2D eigenvalue weighted by Gasteiger charge is -2.07. The van der Waals surface area contributed by atoms with Crippen LogP contribution < -0.4 is 11.1 Å². The Morgan fingerprint density at radius 2 is 2.33 bits per heavy atom. The van der Waals surface area contributed by atoms with Crippen molar-refractivity contribution in [1.29, 1.82) is 0 Å². The average Bonchev–Trinajstić information content (AvgIpc) is 1.64. The highest BCUT2D eigenvalue weighted by atomic mass is 35.5. The lowest BCUT2D eigenvalue weighted by molar-refractivity contribution is -0.119. The van der Waals surface area contributed by atoms with Crippen LogP contribution in [-0.4, -0.2) is 18.4 Å². The highest BCUT2D eigenvalue weighted by Crippen LogP contribution is 1.86. The minimum atomic E-state index is -0.0440. The van der Waals surface area contributed by atoms with Crippen molar-refractivity contribution in [1.82, 2.24) is 5.32 Å². The van der Waals surface area contributed by atoms with Crippen LogP contribution in [0.2, 0.25) is 0 Å². The number of nitrogens with one attached hydrogen (secondary N) is 1. The van der Waals surface area contributed by atoms with Crippen LogP contribution in [0.1, 0.15) is 6.42 Å². The van der Waals surface area contributed by atoms with Gasteiger partial charge in [-0.15, -0.1) is 12.4 Å². The lowest BCUT2D eigenvalue weighted by atomic mass is 10.4. The van der Waals surface area contributed by atoms with Crippen molar-refractivity contribution in [3.8, 4) is 0 Å². The SMILES string of the molecule is Cl.NC1=NCCC(=O)N1. The first kappa shape index (κ1) is 8.23. The minimum Gasteiger partial charge on any atom is -0.370 e. The molecule has 3 N–H and O–H groups in total. The molecule has 0 aromatic rings. The van der Waals surface area contributed by atoms with E-state index in [0.29, 0.717) is 13.0 Å². The maximum atomic E-state index is 10.4. The Hall–Kier alpha value is -0.770. The highest BCUT2D eigenvalue weighted by molar-refractivity contribution is 5.97. The molecular formula is C4H8ClN3O. The molecular weight excluding hydrogens is 142 g/mol. The maximum Gasteiger partial charge on any atom is 0.228 e. The quantitative estimate of drug-likeness (QED) is 0.476. The first-order valence-corrected chi connectivity index (χ1v) is 2.39. The van der Waals surface area contributed by atoms with Gasteiger partial charge < -0.3 is 5.73 Å². The van der Waals surface area contributed by atoms with Crippen LogP contribution >= 0.6 is 12.4 Å². The topological polar surface area (TPSA) is 67.5 Å². The van der Waals surface area contributed by atoms with E-state index in [9.17, 15) is 4.79 Å². The van der Waals surface area contributed by atoms with Gasteiger partial charge in [0.15, 0.2) is 5.96 Å². The Morgan fingerprint density at radius 3 is 2.67 bits per heavy atom. The molecule has 0 aromatic heterocycles. The van der Waals surface area contributed by atoms with Crippen molar-refractivity contribution in [2.24, 2.45) is 10.7 Å². The van der Waals surface area contributed by atoms with Gasteiger partial charge in [-0.05, 0) is 0 Å². The third-order valence-corrected chi connectivity index (χ3v) is 0.889. The second kappa shape index (κ2) is 3.29. The van der Waals surface area contributed by atoms with Crippen molar-refractivity contribution in [3.05, 3.63) is 0 Å². The van der Waals surface area contributed by atoms with Gasteiger partial charge in [0.05, 0.1) is 6.54 Å². The summed E-state index contributed by atoms with van der Waals surface area (Å²) in [4.78, 5) is 14.1. The monoisotopic (exact) mass is 149 g/mol. The summed E-state index contributed by atoms with van der Waals surface area (Å²) >= 11 is 0. The van der Waals surface area contributed by atoms with Gasteiger partial charge in [0.1, 0.15) is 0 Å². The third kappa shape index (κ3) is 2.32. The zero-order valence-electron chi connectivity index (χ0n) is 4.76. The summed E-state index contributed by atoms with van der Waals surface area (Å²) in [5.41, 5.74) is 5.14. The molecule has 0 aromatic carbocycles. The Bertz CT molecular complexity index is 145. The van der Waals surface area contributed by atoms with Gasteiger partial charge >= 0.3 is 0 Å². The largest absolute Gasteiger partial charge is 0.370 e. The summed E-state index contributed by atoms with van der Waals surface area (Å²) < 4.78 is 0. The zero-order chi connectivity index (χ0) is 5.98. The van der Waals surface area contributed by atoms with Gasteiger partial charge in [-0.25, -0.2) is 0 Å². The van der Waals surface area contributed by atoms with E-state index in [1.54, 1.807) is 0 Å². The molecule has 52 valence electrons. The number of carbonyl (C=O) groups is 1. The summed E-state index contributed by atoms with van der Waals surface area (Å²) in [5.74, 6) is 0.193. The van der Waals surface area contributed by atoms with Crippen molar-refractivity contribution in [2.45, 2.75) is 6.42 Å². The van der Waals surface area contributed by atoms with Crippen LogP contribution in [0.5, 0.6) is 0 Å². The molecule has 0 fully saturated rings. The number of rotatable bonds is 0. The number of hydrogen-bond donors (Lipinski definition) is 2. The molecule has 0 saturated heterocycles. The zero-order valence-corrected chi connectivity index (χ0v) is 5.57. The minimum absolute atomic E-state index is 0. The number of guanidine groups is 1. The van der Waals surface area contributed by atoms with Gasteiger partial charge in [-0.3, -0.25) is 15.1 Å². The summed E-state index contributed by atoms with van der Waals surface area (Å²) in [6, 6.07) is 0. The fraction of sp³-hybridized carbons (Fsp3) is 0.500. The van der Waals surface area contributed by atoms with Crippen LogP contribution in [0.3, 0.4) is 0 Å². The van der Waals surface area contributed by atoms with E-state index in [1.165, 1.54) is 0 Å². The van der Waals surface area contributed by atoms with E-state index in [4.69, 9.17) is 5.73 Å². The highest BCUT2D eigenvalue weighted by Gasteiger charge is 2.06. The molecule has 1 aliphatic rings. The second-order valence-electron chi connectivity index (χ2n) is 1.57. The molecule has 1 rings (SSSR count). The Kier molecular flexibility index (Phi) is 3.01. The smallest absolute Gasteiger partial charge is 0.228 e. The first-order chi connectivity index (χ1) is 3.79. The van der Waals surface area contributed by atoms with E-state index >= 15 is 0 Å². The van der Waals surface area contributed by atoms with Crippen LogP contribution in [-0.2, 0) is 4.79 Å². The number of aliphatic imine (C=N–C) groups is 1. The summed E-state index contributed by atoms with van der Waals surface area (Å²) in [7, 11) is 0. The molecule has 5 heteroatoms. The average molecular weight is 150 g/mol. The van der Waals surface area contributed by atoms with Gasteiger partial charge in [0.2, 0.25) is 5.91 Å². The predicted molar refractivity (Wildman–Crippen MR) is 36.5 cm³/mol. The van der Waals surface area contributed by atoms with E-state index in [1.807, 2.05) is 0 Å². The summed E-state index contributed by atoms with van der Waals surface area (Å²) in [5, 5.41) is 2.37. The van der Waals surface area contributed by atoms with E-state index in [0.717, 1.165) is 0 Å². The fourth-order valence-electron chi connectivity index (χ4n) is 0.523. The molecule has 4 nitrogen and oxygen atoms in total. The van der Waals surface area contributed by atoms with Gasteiger partial charge in [0.25, 0.3) is 0 Å². The summed E-state index contributed by atoms with van der Waals surface area (Å²) in [6.07, 6.45) is 0.459. The van der Waals surface area contributed by atoms with E-state index in [2.05, 4.69) is 10.3 Å². The van der Waals surface area contributed by atoms with Crippen LogP contribution in [0.25, 0.3) is 0 Å². The van der Waals surface area contributed by atoms with Crippen LogP contribution in [0, 0.1) is 0 Å². The second-order valence-corrected chi connectivity index (χ2v) is 1.57. The Labute approximate surface area is 58.9 Å². The molecule has 9 heavy (non-hydrogen) atoms. The van der Waals surface area contributed by atoms with E-state index < -0.39 is 0 Å². The maximum absolute atomic E-state index is 10.4. The first-order valence-electron chi connectivity index (χ1n) is 2.39. The van der Waals surface area contributed by atoms with Gasteiger partial charge in [-0.2, -0.15) is 0 Å². The number of nitrogens with two attached hydrogens (primary N) is 1. The molecule has 0 bridgehead atoms. The molecule has 0 spiro atoms. The molecule has 0 saturated carbocycles. The van der Waals surface area contributed by atoms with Crippen molar-refractivity contribution in [2.75, 3.05) is 6.54 Å². The van der Waals surface area contributed by atoms with Crippen molar-refractivity contribution in [3.63, 3.8) is 0 Å². The van der Waals surface area contributed by atoms with Crippen molar-refractivity contribution >= 4 is 24.3 Å². The van der Waals surface area contributed by atoms with Gasteiger partial charge in [-0.1, -0.05) is 0 Å². The Balaban J connectivity index is 0.000000640. The molecule has 1 aliphatic heterocycles. The molecule has 0 unspecified atom stereocenters. The number of carbonyl (C=O) groups excluding carboxylic acids is 1. The van der Waals surface area contributed by atoms with Crippen molar-refractivity contribution < 1.29 is 4.79 Å². The number of nitrogens with zero attached hydrogens (tertiary/aromatic N) is 1. The van der Waals surface area contributed by atoms with Gasteiger partial charge in [0, 0.05) is 6.42 Å². The standard InChI is InChI=1S/C4H7N3O.ClH/c5-4-6-2-1-3(8)7-4;/h1-2H2,(H3,5,6,7,8);1H. The molecule has 0 aliphatic carbocycles. The lowest BCUT2D eigenvalue weighted by Crippen LogP contribution is -2.40. The number of halogens is 1. The number of hydrogen-bond acceptors (Lipinski definition) is 3. The van der Waals surface area contributed by atoms with E-state index in [-0.39, 0.29) is 24.3 Å². The van der Waals surface area contributed by atoms with Crippen LogP contribution in [0.15, 0.2) is 4.99 Å². The molecule has 1 amide bonds. The normalized spacial score (nSPS) is 17.3. The molecule has 1 heterocycles. The molecule has 0 atom stereocenters. The summed E-state index contributed by atoms with van der Waals surface area (Å²) in [6.45, 7) is 0.525.